The van der Waals surface area contributed by atoms with Crippen molar-refractivity contribution < 1.29 is 4.84 Å². The third-order valence-electron chi connectivity index (χ3n) is 3.65. The number of hydrogen-bond acceptors (Lipinski definition) is 4. The molecular weight excluding hydrogens is 328 g/mol. The zero-order valence-corrected chi connectivity index (χ0v) is 15.2. The number of nitrogens with zero attached hydrogens (tertiary/aromatic N) is 2. The average molecular weight is 348 g/mol. The van der Waals surface area contributed by atoms with E-state index in [4.69, 9.17) is 4.84 Å². The van der Waals surface area contributed by atoms with Crippen molar-refractivity contribution in [3.63, 3.8) is 0 Å². The van der Waals surface area contributed by atoms with Crippen LogP contribution < -0.4 is 0 Å². The zero-order chi connectivity index (χ0) is 17.5. The molecule has 1 aromatic heterocycles. The lowest BCUT2D eigenvalue weighted by Crippen LogP contribution is -1.92. The van der Waals surface area contributed by atoms with Crippen molar-refractivity contribution in [1.29, 1.82) is 0 Å². The topological polar surface area (TPSA) is 34.5 Å². The van der Waals surface area contributed by atoms with E-state index in [0.717, 1.165) is 21.0 Å². The maximum Gasteiger partial charge on any atom is 0.142 e. The summed E-state index contributed by atoms with van der Waals surface area (Å²) in [5.41, 5.74) is 4.53. The highest BCUT2D eigenvalue weighted by Gasteiger charge is 2.04. The van der Waals surface area contributed by atoms with Gasteiger partial charge in [-0.1, -0.05) is 64.4 Å². The van der Waals surface area contributed by atoms with Gasteiger partial charge in [-0.3, -0.25) is 0 Å². The maximum absolute atomic E-state index is 5.42. The van der Waals surface area contributed by atoms with Crippen LogP contribution in [0.5, 0.6) is 0 Å². The molecule has 4 heteroatoms. The molecular formula is C21H20N2OS. The second kappa shape index (κ2) is 8.49. The Morgan fingerprint density at radius 1 is 0.960 bits per heavy atom. The lowest BCUT2D eigenvalue weighted by atomic mass is 10.2. The molecule has 0 aliphatic rings. The lowest BCUT2D eigenvalue weighted by Gasteiger charge is -2.05. The summed E-state index contributed by atoms with van der Waals surface area (Å²) in [6.07, 6.45) is 3.51. The van der Waals surface area contributed by atoms with Crippen LogP contribution in [0, 0.1) is 13.8 Å². The molecule has 0 radical (unpaired) electrons. The molecule has 3 nitrogen and oxygen atoms in total. The number of rotatable bonds is 6. The van der Waals surface area contributed by atoms with Gasteiger partial charge in [-0.2, -0.15) is 0 Å². The summed E-state index contributed by atoms with van der Waals surface area (Å²) in [5.74, 6) is 0. The predicted molar refractivity (Wildman–Crippen MR) is 103 cm³/mol. The quantitative estimate of drug-likeness (QED) is 0.442. The molecule has 3 aromatic rings. The van der Waals surface area contributed by atoms with Crippen LogP contribution in [0.4, 0.5) is 0 Å². The Kier molecular flexibility index (Phi) is 5.86. The van der Waals surface area contributed by atoms with Gasteiger partial charge in [-0.15, -0.1) is 0 Å². The van der Waals surface area contributed by atoms with Crippen LogP contribution in [0.2, 0.25) is 0 Å². The van der Waals surface area contributed by atoms with E-state index in [0.29, 0.717) is 6.61 Å². The van der Waals surface area contributed by atoms with Crippen molar-refractivity contribution in [2.45, 2.75) is 30.4 Å². The Labute approximate surface area is 152 Å². The van der Waals surface area contributed by atoms with Crippen LogP contribution >= 0.6 is 11.8 Å². The zero-order valence-electron chi connectivity index (χ0n) is 14.3. The normalized spacial score (nSPS) is 11.0. The predicted octanol–water partition coefficient (Wildman–Crippen LogP) is 5.40. The molecule has 0 bridgehead atoms. The molecule has 0 unspecified atom stereocenters. The van der Waals surface area contributed by atoms with Crippen LogP contribution in [-0.4, -0.2) is 11.2 Å². The standard InChI is InChI=1S/C21H20N2OS/c1-16-5-9-18(10-6-16)15-24-23-14-19-4-3-13-22-21(19)25-20-11-7-17(2)8-12-20/h3-14H,15H2,1-2H3. The fourth-order valence-corrected chi connectivity index (χ4v) is 3.04. The van der Waals surface area contributed by atoms with Crippen molar-refractivity contribution in [2.75, 3.05) is 0 Å². The number of oxime groups is 1. The van der Waals surface area contributed by atoms with Crippen molar-refractivity contribution in [3.8, 4) is 0 Å². The number of benzene rings is 2. The average Bonchev–Trinajstić information content (AvgIpc) is 2.63. The SMILES string of the molecule is Cc1ccc(CON=Cc2cccnc2Sc2ccc(C)cc2)cc1. The lowest BCUT2D eigenvalue weighted by molar-refractivity contribution is 0.132. The second-order valence-electron chi connectivity index (χ2n) is 5.81. The largest absolute Gasteiger partial charge is 0.391 e. The van der Waals surface area contributed by atoms with Gasteiger partial charge in [0.2, 0.25) is 0 Å². The van der Waals surface area contributed by atoms with Gasteiger partial charge in [0.05, 0.1) is 6.21 Å². The van der Waals surface area contributed by atoms with E-state index in [1.807, 2.05) is 24.3 Å². The minimum Gasteiger partial charge on any atom is -0.391 e. The minimum absolute atomic E-state index is 0.456. The summed E-state index contributed by atoms with van der Waals surface area (Å²) in [6.45, 7) is 4.61. The number of hydrogen-bond donors (Lipinski definition) is 0. The Hall–Kier alpha value is -2.59. The van der Waals surface area contributed by atoms with E-state index in [2.05, 4.69) is 60.4 Å². The first kappa shape index (κ1) is 17.2. The number of aryl methyl sites for hydroxylation is 2. The molecule has 3 rings (SSSR count). The van der Waals surface area contributed by atoms with Gasteiger partial charge in [0.1, 0.15) is 11.6 Å². The molecule has 0 aliphatic heterocycles. The smallest absolute Gasteiger partial charge is 0.142 e. The summed E-state index contributed by atoms with van der Waals surface area (Å²) < 4.78 is 0. The van der Waals surface area contributed by atoms with Gasteiger partial charge in [0, 0.05) is 16.7 Å². The highest BCUT2D eigenvalue weighted by atomic mass is 32.2. The first-order chi connectivity index (χ1) is 12.2. The molecule has 0 fully saturated rings. The van der Waals surface area contributed by atoms with Crippen LogP contribution in [0.1, 0.15) is 22.3 Å². The van der Waals surface area contributed by atoms with Crippen LogP contribution in [0.15, 0.2) is 81.9 Å². The maximum atomic E-state index is 5.42. The second-order valence-corrected chi connectivity index (χ2v) is 6.87. The molecule has 0 atom stereocenters. The third kappa shape index (κ3) is 5.19. The Balaban J connectivity index is 1.63. The summed E-state index contributed by atoms with van der Waals surface area (Å²) in [5, 5.41) is 5.01. The number of aromatic nitrogens is 1. The molecule has 126 valence electrons. The molecule has 0 N–H and O–H groups in total. The summed E-state index contributed by atoms with van der Waals surface area (Å²) in [4.78, 5) is 11.0. The summed E-state index contributed by atoms with van der Waals surface area (Å²) in [6, 6.07) is 20.5. The molecule has 2 aromatic carbocycles. The van der Waals surface area contributed by atoms with Crippen LogP contribution in [0.3, 0.4) is 0 Å². The Bertz CT molecular complexity index is 843. The fraction of sp³-hybridized carbons (Fsp3) is 0.143. The number of pyridine rings is 1. The van der Waals surface area contributed by atoms with Gasteiger partial charge < -0.3 is 4.84 Å². The first-order valence-electron chi connectivity index (χ1n) is 8.11. The van der Waals surface area contributed by atoms with Crippen molar-refractivity contribution in [2.24, 2.45) is 5.16 Å². The third-order valence-corrected chi connectivity index (χ3v) is 4.70. The highest BCUT2D eigenvalue weighted by molar-refractivity contribution is 7.99. The van der Waals surface area contributed by atoms with Crippen molar-refractivity contribution >= 4 is 18.0 Å². The van der Waals surface area contributed by atoms with E-state index >= 15 is 0 Å². The Morgan fingerprint density at radius 2 is 1.64 bits per heavy atom. The van der Waals surface area contributed by atoms with Gasteiger partial charge >= 0.3 is 0 Å². The molecule has 25 heavy (non-hydrogen) atoms. The van der Waals surface area contributed by atoms with Gasteiger partial charge in [-0.05, 0) is 43.7 Å². The van der Waals surface area contributed by atoms with Crippen molar-refractivity contribution in [3.05, 3.63) is 89.1 Å². The van der Waals surface area contributed by atoms with Crippen LogP contribution in [-0.2, 0) is 11.4 Å². The monoisotopic (exact) mass is 348 g/mol. The van der Waals surface area contributed by atoms with Gasteiger partial charge in [-0.25, -0.2) is 4.98 Å². The summed E-state index contributed by atoms with van der Waals surface area (Å²) >= 11 is 1.62. The fourth-order valence-electron chi connectivity index (χ4n) is 2.19. The van der Waals surface area contributed by atoms with Gasteiger partial charge in [0.15, 0.2) is 0 Å². The van der Waals surface area contributed by atoms with E-state index in [1.165, 1.54) is 11.1 Å². The molecule has 1 heterocycles. The minimum atomic E-state index is 0.456. The van der Waals surface area contributed by atoms with E-state index in [9.17, 15) is 0 Å². The summed E-state index contributed by atoms with van der Waals surface area (Å²) in [7, 11) is 0. The molecule has 0 spiro atoms. The molecule has 0 aliphatic carbocycles. The highest BCUT2D eigenvalue weighted by Crippen LogP contribution is 2.28. The first-order valence-corrected chi connectivity index (χ1v) is 8.93. The van der Waals surface area contributed by atoms with E-state index < -0.39 is 0 Å². The van der Waals surface area contributed by atoms with E-state index in [1.54, 1.807) is 24.2 Å². The Morgan fingerprint density at radius 3 is 2.36 bits per heavy atom. The molecule has 0 amide bonds. The van der Waals surface area contributed by atoms with Crippen molar-refractivity contribution in [1.82, 2.24) is 4.98 Å². The molecule has 0 saturated carbocycles. The molecule has 0 saturated heterocycles. The van der Waals surface area contributed by atoms with Gasteiger partial charge in [0.25, 0.3) is 0 Å². The van der Waals surface area contributed by atoms with E-state index in [-0.39, 0.29) is 0 Å². The van der Waals surface area contributed by atoms with Crippen LogP contribution in [0.25, 0.3) is 0 Å².